The van der Waals surface area contributed by atoms with Gasteiger partial charge in [0.15, 0.2) is 0 Å². The Kier molecular flexibility index (Phi) is 8.16. The normalized spacial score (nSPS) is 19.4. The summed E-state index contributed by atoms with van der Waals surface area (Å²) in [6, 6.07) is 0. The minimum Gasteiger partial charge on any atom is -0.0654 e. The molecule has 0 fully saturated rings. The predicted molar refractivity (Wildman–Crippen MR) is 80.2 cm³/mol. The molecule has 0 nitrogen and oxygen atoms in total. The fourth-order valence-electron chi connectivity index (χ4n) is 3.43. The second kappa shape index (κ2) is 8.16. The van der Waals surface area contributed by atoms with Gasteiger partial charge in [0.25, 0.3) is 0 Å². The van der Waals surface area contributed by atoms with E-state index in [1.165, 1.54) is 19.3 Å². The number of hydrogen-bond acceptors (Lipinski definition) is 0. The van der Waals surface area contributed by atoms with E-state index in [1.54, 1.807) is 0 Å². The first kappa shape index (κ1) is 17.0. The van der Waals surface area contributed by atoms with E-state index >= 15 is 0 Å². The molecule has 0 aromatic carbocycles. The molecule has 0 spiro atoms. The molecule has 0 heteroatoms. The average Bonchev–Trinajstić information content (AvgIpc) is 2.26. The van der Waals surface area contributed by atoms with Gasteiger partial charge in [-0.25, -0.2) is 0 Å². The molecule has 0 saturated carbocycles. The first-order chi connectivity index (χ1) is 7.86. The molecule has 0 radical (unpaired) electrons. The van der Waals surface area contributed by atoms with Crippen LogP contribution in [0.1, 0.15) is 74.7 Å². The van der Waals surface area contributed by atoms with E-state index in [0.29, 0.717) is 0 Å². The third-order valence-electron chi connectivity index (χ3n) is 4.92. The summed E-state index contributed by atoms with van der Waals surface area (Å²) in [7, 11) is 0. The Morgan fingerprint density at radius 3 is 1.59 bits per heavy atom. The zero-order valence-corrected chi connectivity index (χ0v) is 13.6. The molecule has 17 heavy (non-hydrogen) atoms. The Labute approximate surface area is 111 Å². The molecule has 0 bridgehead atoms. The largest absolute Gasteiger partial charge is 0.0654 e. The third kappa shape index (κ3) is 5.02. The van der Waals surface area contributed by atoms with Crippen molar-refractivity contribution in [3.63, 3.8) is 0 Å². The van der Waals surface area contributed by atoms with Crippen LogP contribution in [0.25, 0.3) is 0 Å². The monoisotopic (exact) mass is 240 g/mol. The maximum absolute atomic E-state index is 2.47. The van der Waals surface area contributed by atoms with Crippen LogP contribution in [0, 0.1) is 35.5 Å². The molecule has 0 aliphatic heterocycles. The molecule has 104 valence electrons. The lowest BCUT2D eigenvalue weighted by Crippen LogP contribution is -2.33. The first-order valence-electron chi connectivity index (χ1n) is 7.86. The molecule has 0 aromatic heterocycles. The van der Waals surface area contributed by atoms with Crippen LogP contribution in [0.5, 0.6) is 0 Å². The lowest BCUT2D eigenvalue weighted by atomic mass is 9.66. The van der Waals surface area contributed by atoms with E-state index in [1.807, 2.05) is 0 Å². The molecule has 4 atom stereocenters. The maximum atomic E-state index is 2.47. The van der Waals surface area contributed by atoms with Gasteiger partial charge in [-0.05, 0) is 35.5 Å². The second-order valence-corrected chi connectivity index (χ2v) is 6.76. The highest BCUT2D eigenvalue weighted by atomic mass is 14.4. The molecule has 4 unspecified atom stereocenters. The van der Waals surface area contributed by atoms with Crippen molar-refractivity contribution < 1.29 is 0 Å². The fraction of sp³-hybridized carbons (Fsp3) is 1.00. The smallest absolute Gasteiger partial charge is 0.0332 e. The van der Waals surface area contributed by atoms with Crippen molar-refractivity contribution in [3.8, 4) is 0 Å². The van der Waals surface area contributed by atoms with E-state index in [4.69, 9.17) is 0 Å². The van der Waals surface area contributed by atoms with Crippen molar-refractivity contribution in [2.45, 2.75) is 74.7 Å². The maximum Gasteiger partial charge on any atom is -0.0332 e. The van der Waals surface area contributed by atoms with Crippen LogP contribution >= 0.6 is 0 Å². The third-order valence-corrected chi connectivity index (χ3v) is 4.92. The lowest BCUT2D eigenvalue weighted by molar-refractivity contribution is 0.0916. The van der Waals surface area contributed by atoms with Crippen LogP contribution in [0.2, 0.25) is 0 Å². The first-order valence-corrected chi connectivity index (χ1v) is 7.86. The van der Waals surface area contributed by atoms with Gasteiger partial charge in [0.05, 0.1) is 0 Å². The van der Waals surface area contributed by atoms with E-state index in [9.17, 15) is 0 Å². The highest BCUT2D eigenvalue weighted by molar-refractivity contribution is 4.81. The molecule has 0 saturated heterocycles. The van der Waals surface area contributed by atoms with Gasteiger partial charge in [0.1, 0.15) is 0 Å². The second-order valence-electron chi connectivity index (χ2n) is 6.76. The van der Waals surface area contributed by atoms with Crippen LogP contribution in [0.15, 0.2) is 0 Å². The van der Waals surface area contributed by atoms with E-state index in [-0.39, 0.29) is 0 Å². The summed E-state index contributed by atoms with van der Waals surface area (Å²) in [5, 5.41) is 0. The summed E-state index contributed by atoms with van der Waals surface area (Å²) >= 11 is 0. The summed E-state index contributed by atoms with van der Waals surface area (Å²) in [6.45, 7) is 19.3. The van der Waals surface area contributed by atoms with Crippen molar-refractivity contribution in [2.24, 2.45) is 35.5 Å². The number of hydrogen-bond donors (Lipinski definition) is 0. The van der Waals surface area contributed by atoms with Crippen molar-refractivity contribution >= 4 is 0 Å². The van der Waals surface area contributed by atoms with Gasteiger partial charge >= 0.3 is 0 Å². The number of rotatable bonds is 8. The molecule has 0 aliphatic carbocycles. The molecule has 0 amide bonds. The standard InChI is InChI=1S/C17H36/c1-9-11-16(14(7)10-2)17(13(5)6)15(8)12(3)4/h12-17H,9-11H2,1-8H3. The zero-order chi connectivity index (χ0) is 13.6. The lowest BCUT2D eigenvalue weighted by Gasteiger charge is -2.40. The Bertz CT molecular complexity index is 180. The van der Waals surface area contributed by atoms with Crippen LogP contribution < -0.4 is 0 Å². The summed E-state index contributed by atoms with van der Waals surface area (Å²) in [6.07, 6.45) is 4.08. The van der Waals surface area contributed by atoms with Gasteiger partial charge in [-0.1, -0.05) is 74.7 Å². The summed E-state index contributed by atoms with van der Waals surface area (Å²) in [5.41, 5.74) is 0. The molecule has 0 rings (SSSR count). The molecular weight excluding hydrogens is 204 g/mol. The summed E-state index contributed by atoms with van der Waals surface area (Å²) in [5.74, 6) is 5.17. The van der Waals surface area contributed by atoms with Crippen LogP contribution in [0.4, 0.5) is 0 Å². The van der Waals surface area contributed by atoms with Gasteiger partial charge in [0.2, 0.25) is 0 Å². The van der Waals surface area contributed by atoms with Crippen molar-refractivity contribution in [2.75, 3.05) is 0 Å². The van der Waals surface area contributed by atoms with Crippen molar-refractivity contribution in [3.05, 3.63) is 0 Å². The Balaban J connectivity index is 4.95. The molecular formula is C17H36. The van der Waals surface area contributed by atoms with Gasteiger partial charge in [-0.3, -0.25) is 0 Å². The minimum absolute atomic E-state index is 0.811. The summed E-state index contributed by atoms with van der Waals surface area (Å²) in [4.78, 5) is 0. The van der Waals surface area contributed by atoms with E-state index < -0.39 is 0 Å². The topological polar surface area (TPSA) is 0 Å². The van der Waals surface area contributed by atoms with E-state index in [0.717, 1.165) is 35.5 Å². The Hall–Kier alpha value is 0. The van der Waals surface area contributed by atoms with Crippen LogP contribution in [0.3, 0.4) is 0 Å². The van der Waals surface area contributed by atoms with Crippen molar-refractivity contribution in [1.29, 1.82) is 0 Å². The zero-order valence-electron chi connectivity index (χ0n) is 13.6. The SMILES string of the molecule is CCCC(C(C)CC)C(C(C)C)C(C)C(C)C. The van der Waals surface area contributed by atoms with Gasteiger partial charge < -0.3 is 0 Å². The summed E-state index contributed by atoms with van der Waals surface area (Å²) < 4.78 is 0. The Morgan fingerprint density at radius 1 is 0.765 bits per heavy atom. The predicted octanol–water partition coefficient (Wildman–Crippen LogP) is 6.01. The van der Waals surface area contributed by atoms with Crippen LogP contribution in [-0.2, 0) is 0 Å². The fourth-order valence-corrected chi connectivity index (χ4v) is 3.43. The van der Waals surface area contributed by atoms with Gasteiger partial charge in [-0.15, -0.1) is 0 Å². The highest BCUT2D eigenvalue weighted by Gasteiger charge is 2.32. The minimum atomic E-state index is 0.811. The van der Waals surface area contributed by atoms with Crippen molar-refractivity contribution in [1.82, 2.24) is 0 Å². The highest BCUT2D eigenvalue weighted by Crippen LogP contribution is 2.40. The average molecular weight is 240 g/mol. The molecule has 0 N–H and O–H groups in total. The quantitative estimate of drug-likeness (QED) is 0.487. The van der Waals surface area contributed by atoms with E-state index in [2.05, 4.69) is 55.4 Å². The van der Waals surface area contributed by atoms with Gasteiger partial charge in [0, 0.05) is 0 Å². The van der Waals surface area contributed by atoms with Gasteiger partial charge in [-0.2, -0.15) is 0 Å². The molecule has 0 aromatic rings. The van der Waals surface area contributed by atoms with Crippen LogP contribution in [-0.4, -0.2) is 0 Å². The Morgan fingerprint density at radius 2 is 1.29 bits per heavy atom. The molecule has 0 heterocycles. The molecule has 0 aliphatic rings.